The van der Waals surface area contributed by atoms with E-state index in [2.05, 4.69) is 11.8 Å². The van der Waals surface area contributed by atoms with E-state index >= 15 is 0 Å². The molecule has 0 aromatic rings. The highest BCUT2D eigenvalue weighted by Gasteiger charge is 2.29. The average molecular weight is 283 g/mol. The summed E-state index contributed by atoms with van der Waals surface area (Å²) in [6.07, 6.45) is 12.9. The predicted molar refractivity (Wildman–Crippen MR) is 83.0 cm³/mol. The molecule has 3 atom stereocenters. The van der Waals surface area contributed by atoms with Crippen LogP contribution in [0.2, 0.25) is 0 Å². The molecule has 1 saturated carbocycles. The molecule has 1 aliphatic heterocycles. The lowest BCUT2D eigenvalue weighted by atomic mass is 9.94. The number of hydrogen-bond donors (Lipinski definition) is 1. The van der Waals surface area contributed by atoms with E-state index in [1.165, 1.54) is 51.4 Å². The molecule has 0 aromatic carbocycles. The van der Waals surface area contributed by atoms with Crippen LogP contribution in [0.15, 0.2) is 0 Å². The first kappa shape index (κ1) is 16.3. The second kappa shape index (κ2) is 9.01. The van der Waals surface area contributed by atoms with Crippen molar-refractivity contribution in [3.8, 4) is 0 Å². The molecular formula is C17H33NO2. The van der Waals surface area contributed by atoms with Crippen molar-refractivity contribution < 1.29 is 9.84 Å². The number of hydrogen-bond acceptors (Lipinski definition) is 3. The molecule has 0 aromatic heterocycles. The van der Waals surface area contributed by atoms with Crippen LogP contribution in [0.3, 0.4) is 0 Å². The van der Waals surface area contributed by atoms with Crippen LogP contribution >= 0.6 is 0 Å². The van der Waals surface area contributed by atoms with Crippen molar-refractivity contribution in [1.82, 2.24) is 4.90 Å². The molecule has 3 heteroatoms. The van der Waals surface area contributed by atoms with Gasteiger partial charge in [-0.15, -0.1) is 0 Å². The van der Waals surface area contributed by atoms with E-state index in [9.17, 15) is 5.11 Å². The molecular weight excluding hydrogens is 250 g/mol. The molecule has 3 unspecified atom stereocenters. The summed E-state index contributed by atoms with van der Waals surface area (Å²) in [6, 6.07) is 0.362. The second-order valence-corrected chi connectivity index (χ2v) is 6.72. The van der Waals surface area contributed by atoms with Crippen LogP contribution in [0.4, 0.5) is 0 Å². The number of nitrogens with zero attached hydrogens (tertiary/aromatic N) is 1. The van der Waals surface area contributed by atoms with Crippen LogP contribution in [0.5, 0.6) is 0 Å². The maximum absolute atomic E-state index is 10.6. The summed E-state index contributed by atoms with van der Waals surface area (Å²) in [5, 5.41) is 10.6. The van der Waals surface area contributed by atoms with E-state index in [-0.39, 0.29) is 6.10 Å². The van der Waals surface area contributed by atoms with Crippen molar-refractivity contribution in [3.05, 3.63) is 0 Å². The topological polar surface area (TPSA) is 32.7 Å². The van der Waals surface area contributed by atoms with Gasteiger partial charge >= 0.3 is 0 Å². The Hall–Kier alpha value is -0.120. The van der Waals surface area contributed by atoms with Crippen molar-refractivity contribution in [2.45, 2.75) is 89.4 Å². The van der Waals surface area contributed by atoms with Crippen LogP contribution in [-0.4, -0.2) is 48.0 Å². The third-order valence-electron chi connectivity index (χ3n) is 4.94. The molecule has 1 heterocycles. The molecule has 1 saturated heterocycles. The maximum atomic E-state index is 10.6. The summed E-state index contributed by atoms with van der Waals surface area (Å²) >= 11 is 0. The highest BCUT2D eigenvalue weighted by molar-refractivity contribution is 4.82. The van der Waals surface area contributed by atoms with Crippen LogP contribution in [-0.2, 0) is 4.74 Å². The Balaban J connectivity index is 1.89. The van der Waals surface area contributed by atoms with Crippen molar-refractivity contribution in [2.75, 3.05) is 19.7 Å². The summed E-state index contributed by atoms with van der Waals surface area (Å²) in [7, 11) is 0. The van der Waals surface area contributed by atoms with E-state index in [0.29, 0.717) is 12.1 Å². The monoisotopic (exact) mass is 283 g/mol. The van der Waals surface area contributed by atoms with Gasteiger partial charge in [-0.2, -0.15) is 0 Å². The maximum Gasteiger partial charge on any atom is 0.0695 e. The van der Waals surface area contributed by atoms with Gasteiger partial charge in [-0.1, -0.05) is 51.4 Å². The van der Waals surface area contributed by atoms with Crippen molar-refractivity contribution >= 4 is 0 Å². The van der Waals surface area contributed by atoms with Gasteiger partial charge in [0.2, 0.25) is 0 Å². The molecule has 1 aliphatic carbocycles. The summed E-state index contributed by atoms with van der Waals surface area (Å²) in [4.78, 5) is 2.49. The Labute approximate surface area is 124 Å². The lowest BCUT2D eigenvalue weighted by molar-refractivity contribution is -0.0614. The minimum Gasteiger partial charge on any atom is -0.391 e. The normalized spacial score (nSPS) is 36.0. The lowest BCUT2D eigenvalue weighted by Gasteiger charge is -2.39. The van der Waals surface area contributed by atoms with Crippen molar-refractivity contribution in [2.24, 2.45) is 0 Å². The van der Waals surface area contributed by atoms with Crippen LogP contribution in [0.1, 0.15) is 71.1 Å². The van der Waals surface area contributed by atoms with Gasteiger partial charge in [-0.25, -0.2) is 0 Å². The van der Waals surface area contributed by atoms with Gasteiger partial charge in [-0.05, 0) is 19.8 Å². The molecule has 1 N–H and O–H groups in total. The molecule has 0 amide bonds. The van der Waals surface area contributed by atoms with E-state index in [1.807, 2.05) is 0 Å². The summed E-state index contributed by atoms with van der Waals surface area (Å²) in [6.45, 7) is 4.95. The van der Waals surface area contributed by atoms with Crippen molar-refractivity contribution in [3.63, 3.8) is 0 Å². The molecule has 2 fully saturated rings. The SMILES string of the molecule is CC1CN(C2CCCCCCCCCCC2O)CCO1. The number of rotatable bonds is 1. The highest BCUT2D eigenvalue weighted by atomic mass is 16.5. The summed E-state index contributed by atoms with van der Waals surface area (Å²) in [5.74, 6) is 0. The van der Waals surface area contributed by atoms with Gasteiger partial charge in [0, 0.05) is 19.1 Å². The molecule has 0 radical (unpaired) electrons. The quantitative estimate of drug-likeness (QED) is 0.801. The molecule has 0 bridgehead atoms. The average Bonchev–Trinajstić information content (AvgIpc) is 2.43. The van der Waals surface area contributed by atoms with Gasteiger partial charge in [0.1, 0.15) is 0 Å². The Morgan fingerprint density at radius 1 is 0.900 bits per heavy atom. The zero-order valence-electron chi connectivity index (χ0n) is 13.2. The number of aliphatic hydroxyl groups excluding tert-OH is 1. The first-order chi connectivity index (χ1) is 9.77. The Bertz CT molecular complexity index is 259. The fourth-order valence-corrected chi connectivity index (χ4v) is 3.72. The van der Waals surface area contributed by atoms with Crippen LogP contribution in [0, 0.1) is 0 Å². The number of ether oxygens (including phenoxy) is 1. The lowest BCUT2D eigenvalue weighted by Crippen LogP contribution is -2.51. The molecule has 0 spiro atoms. The summed E-state index contributed by atoms with van der Waals surface area (Å²) in [5.41, 5.74) is 0. The third-order valence-corrected chi connectivity index (χ3v) is 4.94. The minimum absolute atomic E-state index is 0.139. The zero-order valence-corrected chi connectivity index (χ0v) is 13.2. The smallest absolute Gasteiger partial charge is 0.0695 e. The Kier molecular flexibility index (Phi) is 7.32. The molecule has 3 nitrogen and oxygen atoms in total. The number of aliphatic hydroxyl groups is 1. The van der Waals surface area contributed by atoms with Crippen LogP contribution < -0.4 is 0 Å². The predicted octanol–water partition coefficient (Wildman–Crippen LogP) is 3.35. The minimum atomic E-state index is -0.139. The third kappa shape index (κ3) is 5.34. The second-order valence-electron chi connectivity index (χ2n) is 6.72. The Morgan fingerprint density at radius 2 is 1.50 bits per heavy atom. The standard InChI is InChI=1S/C17H33NO2/c1-15-14-18(12-13-20-15)16-10-8-6-4-2-3-5-7-9-11-17(16)19/h15-17,19H,2-14H2,1H3. The first-order valence-electron chi connectivity index (χ1n) is 8.81. The van der Waals surface area contributed by atoms with Crippen LogP contribution in [0.25, 0.3) is 0 Å². The van der Waals surface area contributed by atoms with Crippen molar-refractivity contribution in [1.29, 1.82) is 0 Å². The van der Waals surface area contributed by atoms with E-state index in [4.69, 9.17) is 4.74 Å². The molecule has 118 valence electrons. The molecule has 2 rings (SSSR count). The van der Waals surface area contributed by atoms with Gasteiger partial charge < -0.3 is 9.84 Å². The van der Waals surface area contributed by atoms with Gasteiger partial charge in [-0.3, -0.25) is 4.90 Å². The van der Waals surface area contributed by atoms with E-state index in [0.717, 1.165) is 32.5 Å². The largest absolute Gasteiger partial charge is 0.391 e. The number of morpholine rings is 1. The van der Waals surface area contributed by atoms with Gasteiger partial charge in [0.05, 0.1) is 18.8 Å². The fourth-order valence-electron chi connectivity index (χ4n) is 3.72. The van der Waals surface area contributed by atoms with Gasteiger partial charge in [0.25, 0.3) is 0 Å². The van der Waals surface area contributed by atoms with E-state index < -0.39 is 0 Å². The molecule has 20 heavy (non-hydrogen) atoms. The van der Waals surface area contributed by atoms with E-state index in [1.54, 1.807) is 0 Å². The zero-order chi connectivity index (χ0) is 14.2. The Morgan fingerprint density at radius 3 is 2.15 bits per heavy atom. The highest BCUT2D eigenvalue weighted by Crippen LogP contribution is 2.22. The molecule has 2 aliphatic rings. The fraction of sp³-hybridized carbons (Fsp3) is 1.00. The first-order valence-corrected chi connectivity index (χ1v) is 8.81. The summed E-state index contributed by atoms with van der Waals surface area (Å²) < 4.78 is 5.65. The van der Waals surface area contributed by atoms with Gasteiger partial charge in [0.15, 0.2) is 0 Å².